The first-order valence-corrected chi connectivity index (χ1v) is 7.44. The number of alkyl halides is 3. The zero-order valence-electron chi connectivity index (χ0n) is 12.4. The summed E-state index contributed by atoms with van der Waals surface area (Å²) in [6.07, 6.45) is -4.67. The van der Waals surface area contributed by atoms with Gasteiger partial charge in [-0.1, -0.05) is 23.7 Å². The summed E-state index contributed by atoms with van der Waals surface area (Å²) < 4.78 is 37.1. The Morgan fingerprint density at radius 1 is 1.48 bits per heavy atom. The number of rotatable bonds is 4. The second kappa shape index (κ2) is 6.78. The van der Waals surface area contributed by atoms with Crippen LogP contribution in [-0.2, 0) is 9.59 Å². The largest absolute Gasteiger partial charge is 0.406 e. The number of nitrogens with zero attached hydrogens (tertiary/aromatic N) is 1. The number of likely N-dealkylation sites (tertiary alicyclic amines) is 1. The molecule has 2 rings (SSSR count). The Bertz CT molecular complexity index is 607. The molecular formula is C15H16ClF3N2O2. The lowest BCUT2D eigenvalue weighted by molar-refractivity contribution is -0.157. The van der Waals surface area contributed by atoms with Crippen molar-refractivity contribution >= 4 is 23.4 Å². The fourth-order valence-corrected chi connectivity index (χ4v) is 2.71. The topological polar surface area (TPSA) is 49.4 Å². The summed E-state index contributed by atoms with van der Waals surface area (Å²) >= 11 is 5.88. The van der Waals surface area contributed by atoms with E-state index in [1.165, 1.54) is 0 Å². The molecular weight excluding hydrogens is 333 g/mol. The van der Waals surface area contributed by atoms with Crippen LogP contribution in [0, 0.1) is 5.92 Å². The normalized spacial score (nSPS) is 19.8. The maximum Gasteiger partial charge on any atom is 0.406 e. The third-order valence-electron chi connectivity index (χ3n) is 3.66. The van der Waals surface area contributed by atoms with Gasteiger partial charge in [-0.25, -0.2) is 0 Å². The van der Waals surface area contributed by atoms with Crippen molar-refractivity contribution in [3.63, 3.8) is 0 Å². The first kappa shape index (κ1) is 17.6. The molecule has 2 amide bonds. The average molecular weight is 349 g/mol. The third kappa shape index (κ3) is 4.86. The first-order valence-electron chi connectivity index (χ1n) is 7.06. The lowest BCUT2D eigenvalue weighted by atomic mass is 10.1. The van der Waals surface area contributed by atoms with Crippen LogP contribution in [0.15, 0.2) is 24.3 Å². The van der Waals surface area contributed by atoms with Gasteiger partial charge in [0.2, 0.25) is 11.8 Å². The van der Waals surface area contributed by atoms with Gasteiger partial charge in [-0.05, 0) is 24.6 Å². The predicted octanol–water partition coefficient (Wildman–Crippen LogP) is 2.93. The van der Waals surface area contributed by atoms with Gasteiger partial charge in [-0.15, -0.1) is 0 Å². The highest BCUT2D eigenvalue weighted by Crippen LogP contribution is 2.25. The molecule has 0 radical (unpaired) electrons. The van der Waals surface area contributed by atoms with Crippen LogP contribution in [0.4, 0.5) is 13.2 Å². The van der Waals surface area contributed by atoms with Crippen molar-refractivity contribution in [1.82, 2.24) is 10.2 Å². The summed E-state index contributed by atoms with van der Waals surface area (Å²) in [5.41, 5.74) is 0.780. The summed E-state index contributed by atoms with van der Waals surface area (Å²) in [4.78, 5) is 24.4. The monoisotopic (exact) mass is 348 g/mol. The van der Waals surface area contributed by atoms with E-state index in [0.717, 1.165) is 5.56 Å². The van der Waals surface area contributed by atoms with Gasteiger partial charge in [0.25, 0.3) is 0 Å². The highest BCUT2D eigenvalue weighted by atomic mass is 35.5. The number of hydrogen-bond donors (Lipinski definition) is 1. The molecule has 8 heteroatoms. The van der Waals surface area contributed by atoms with Gasteiger partial charge in [0.15, 0.2) is 0 Å². The van der Waals surface area contributed by atoms with Gasteiger partial charge in [0.1, 0.15) is 6.54 Å². The summed E-state index contributed by atoms with van der Waals surface area (Å²) in [6.45, 7) is 0.208. The summed E-state index contributed by atoms with van der Waals surface area (Å²) in [5, 5.41) is 3.24. The maximum absolute atomic E-state index is 12.4. The fraction of sp³-hybridized carbons (Fsp3) is 0.467. The minimum Gasteiger partial charge on any atom is -0.349 e. The maximum atomic E-state index is 12.4. The molecule has 126 valence electrons. The summed E-state index contributed by atoms with van der Waals surface area (Å²) in [7, 11) is 0. The van der Waals surface area contributed by atoms with E-state index in [2.05, 4.69) is 5.32 Å². The zero-order chi connectivity index (χ0) is 17.2. The second-order valence-electron chi connectivity index (χ2n) is 5.58. The fourth-order valence-electron chi connectivity index (χ4n) is 2.51. The Hall–Kier alpha value is -1.76. The molecule has 2 atom stereocenters. The van der Waals surface area contributed by atoms with E-state index < -0.39 is 30.5 Å². The van der Waals surface area contributed by atoms with E-state index in [9.17, 15) is 22.8 Å². The second-order valence-corrected chi connectivity index (χ2v) is 6.01. The van der Waals surface area contributed by atoms with Crippen LogP contribution in [0.25, 0.3) is 0 Å². The van der Waals surface area contributed by atoms with Crippen molar-refractivity contribution in [2.24, 2.45) is 5.92 Å². The third-order valence-corrected chi connectivity index (χ3v) is 3.90. The smallest absolute Gasteiger partial charge is 0.349 e. The number of carbonyl (C=O) groups excluding carboxylic acids is 2. The van der Waals surface area contributed by atoms with Gasteiger partial charge < -0.3 is 10.2 Å². The van der Waals surface area contributed by atoms with Gasteiger partial charge in [-0.3, -0.25) is 9.59 Å². The van der Waals surface area contributed by atoms with E-state index in [4.69, 9.17) is 11.6 Å². The number of amides is 2. The molecule has 1 saturated heterocycles. The van der Waals surface area contributed by atoms with Gasteiger partial charge in [0.05, 0.1) is 12.0 Å². The molecule has 23 heavy (non-hydrogen) atoms. The number of benzene rings is 1. The quantitative estimate of drug-likeness (QED) is 0.909. The van der Waals surface area contributed by atoms with Crippen molar-refractivity contribution in [3.8, 4) is 0 Å². The first-order chi connectivity index (χ1) is 10.7. The van der Waals surface area contributed by atoms with E-state index in [1.807, 2.05) is 0 Å². The molecule has 0 spiro atoms. The van der Waals surface area contributed by atoms with Crippen LogP contribution in [0.3, 0.4) is 0 Å². The van der Waals surface area contributed by atoms with Crippen LogP contribution in [-0.4, -0.2) is 36.0 Å². The van der Waals surface area contributed by atoms with Crippen LogP contribution < -0.4 is 5.32 Å². The van der Waals surface area contributed by atoms with E-state index in [-0.39, 0.29) is 19.0 Å². The average Bonchev–Trinajstić information content (AvgIpc) is 2.78. The molecule has 1 aliphatic heterocycles. The Balaban J connectivity index is 1.95. The standard InChI is InChI=1S/C15H16ClF3N2O2/c1-9(10-3-2-4-12(16)5-10)20-14(23)11-6-13(22)21(7-11)8-15(17,18)19/h2-5,9,11H,6-8H2,1H3,(H,20,23)/t9-,11+/m0/s1. The molecule has 0 aliphatic carbocycles. The highest BCUT2D eigenvalue weighted by molar-refractivity contribution is 6.30. The minimum absolute atomic E-state index is 0.204. The molecule has 1 aliphatic rings. The minimum atomic E-state index is -4.46. The number of carbonyl (C=O) groups is 2. The van der Waals surface area contributed by atoms with Gasteiger partial charge in [-0.2, -0.15) is 13.2 Å². The van der Waals surface area contributed by atoms with Crippen molar-refractivity contribution in [3.05, 3.63) is 34.9 Å². The molecule has 0 saturated carbocycles. The van der Waals surface area contributed by atoms with E-state index >= 15 is 0 Å². The Morgan fingerprint density at radius 2 is 2.17 bits per heavy atom. The molecule has 0 aromatic heterocycles. The van der Waals surface area contributed by atoms with Gasteiger partial charge in [0, 0.05) is 18.0 Å². The van der Waals surface area contributed by atoms with E-state index in [0.29, 0.717) is 9.92 Å². The number of hydrogen-bond acceptors (Lipinski definition) is 2. The zero-order valence-corrected chi connectivity index (χ0v) is 13.1. The summed E-state index contributed by atoms with van der Waals surface area (Å²) in [6, 6.07) is 6.57. The van der Waals surface area contributed by atoms with Gasteiger partial charge >= 0.3 is 6.18 Å². The SMILES string of the molecule is C[C@H](NC(=O)[C@@H]1CC(=O)N(CC(F)(F)F)C1)c1cccc(Cl)c1. The van der Waals surface area contributed by atoms with Crippen LogP contribution in [0.1, 0.15) is 24.9 Å². The molecule has 0 unspecified atom stereocenters. The van der Waals surface area contributed by atoms with Crippen molar-refractivity contribution in [2.75, 3.05) is 13.1 Å². The number of halogens is 4. The lowest BCUT2D eigenvalue weighted by Crippen LogP contribution is -2.37. The van der Waals surface area contributed by atoms with Crippen molar-refractivity contribution in [1.29, 1.82) is 0 Å². The van der Waals surface area contributed by atoms with E-state index in [1.54, 1.807) is 31.2 Å². The Morgan fingerprint density at radius 3 is 2.78 bits per heavy atom. The molecule has 1 aromatic rings. The van der Waals surface area contributed by atoms with Crippen LogP contribution in [0.5, 0.6) is 0 Å². The highest BCUT2D eigenvalue weighted by Gasteiger charge is 2.40. The van der Waals surface area contributed by atoms with Crippen LogP contribution >= 0.6 is 11.6 Å². The Labute approximate surface area is 136 Å². The predicted molar refractivity (Wildman–Crippen MR) is 78.8 cm³/mol. The number of nitrogens with one attached hydrogen (secondary N) is 1. The Kier molecular flexibility index (Phi) is 5.19. The lowest BCUT2D eigenvalue weighted by Gasteiger charge is -2.19. The van der Waals surface area contributed by atoms with Crippen molar-refractivity contribution in [2.45, 2.75) is 25.6 Å². The molecule has 4 nitrogen and oxygen atoms in total. The van der Waals surface area contributed by atoms with Crippen LogP contribution in [0.2, 0.25) is 5.02 Å². The molecule has 1 heterocycles. The molecule has 1 aromatic carbocycles. The van der Waals surface area contributed by atoms with Crippen molar-refractivity contribution < 1.29 is 22.8 Å². The molecule has 1 fully saturated rings. The summed E-state index contributed by atoms with van der Waals surface area (Å²) in [5.74, 6) is -1.86. The molecule has 1 N–H and O–H groups in total. The molecule has 0 bridgehead atoms.